The highest BCUT2D eigenvalue weighted by Gasteiger charge is 2.08. The molecule has 0 aromatic heterocycles. The molecule has 0 aliphatic carbocycles. The van der Waals surface area contributed by atoms with Crippen LogP contribution in [0.1, 0.15) is 44.7 Å². The normalized spacial score (nSPS) is 12.6. The van der Waals surface area contributed by atoms with E-state index in [2.05, 4.69) is 19.2 Å². The molecule has 1 aromatic rings. The van der Waals surface area contributed by atoms with E-state index in [0.717, 1.165) is 38.0 Å². The van der Waals surface area contributed by atoms with Crippen molar-refractivity contribution in [2.24, 2.45) is 0 Å². The summed E-state index contributed by atoms with van der Waals surface area (Å²) in [5.41, 5.74) is 1.01. The Hall–Kier alpha value is -0.930. The zero-order chi connectivity index (χ0) is 13.2. The molecule has 0 saturated heterocycles. The summed E-state index contributed by atoms with van der Waals surface area (Å²) in [4.78, 5) is 0. The van der Waals surface area contributed by atoms with E-state index in [1.165, 1.54) is 6.07 Å². The van der Waals surface area contributed by atoms with Gasteiger partial charge < -0.3 is 10.1 Å². The third-order valence-corrected chi connectivity index (χ3v) is 2.94. The smallest absolute Gasteiger partial charge is 0.123 e. The summed E-state index contributed by atoms with van der Waals surface area (Å²) in [6.07, 6.45) is 3.22. The Balaban J connectivity index is 2.29. The van der Waals surface area contributed by atoms with Gasteiger partial charge in [0.25, 0.3) is 0 Å². The van der Waals surface area contributed by atoms with Crippen LogP contribution in [0.25, 0.3) is 0 Å². The highest BCUT2D eigenvalue weighted by molar-refractivity contribution is 5.19. The lowest BCUT2D eigenvalue weighted by molar-refractivity contribution is 0.130. The first-order valence-corrected chi connectivity index (χ1v) is 6.84. The summed E-state index contributed by atoms with van der Waals surface area (Å²) in [5.74, 6) is -0.174. The minimum absolute atomic E-state index is 0.174. The molecule has 0 bridgehead atoms. The Morgan fingerprint density at radius 1 is 1.28 bits per heavy atom. The summed E-state index contributed by atoms with van der Waals surface area (Å²) >= 11 is 0. The number of rotatable bonds is 9. The average Bonchev–Trinajstić information content (AvgIpc) is 2.38. The van der Waals surface area contributed by atoms with Crippen LogP contribution in [0, 0.1) is 5.82 Å². The quantitative estimate of drug-likeness (QED) is 0.678. The standard InChI is InChI=1S/C15H24FNO/c1-3-5-10-18-11-9-17-15(4-2)13-7-6-8-14(16)12-13/h6-8,12,15,17H,3-5,9-11H2,1-2H3. The molecule has 1 N–H and O–H groups in total. The van der Waals surface area contributed by atoms with Crippen molar-refractivity contribution in [2.75, 3.05) is 19.8 Å². The summed E-state index contributed by atoms with van der Waals surface area (Å²) in [6, 6.07) is 6.99. The first-order chi connectivity index (χ1) is 8.77. The van der Waals surface area contributed by atoms with Gasteiger partial charge in [0, 0.05) is 19.2 Å². The number of halogens is 1. The minimum atomic E-state index is -0.174. The fourth-order valence-electron chi connectivity index (χ4n) is 1.88. The van der Waals surface area contributed by atoms with Gasteiger partial charge in [-0.15, -0.1) is 0 Å². The average molecular weight is 253 g/mol. The monoisotopic (exact) mass is 253 g/mol. The molecule has 102 valence electrons. The van der Waals surface area contributed by atoms with Gasteiger partial charge >= 0.3 is 0 Å². The van der Waals surface area contributed by atoms with Crippen LogP contribution < -0.4 is 5.32 Å². The number of hydrogen-bond acceptors (Lipinski definition) is 2. The van der Waals surface area contributed by atoms with Crippen LogP contribution in [0.4, 0.5) is 4.39 Å². The zero-order valence-electron chi connectivity index (χ0n) is 11.4. The van der Waals surface area contributed by atoms with Gasteiger partial charge in [0.1, 0.15) is 5.82 Å². The Kier molecular flexibility index (Phi) is 7.62. The van der Waals surface area contributed by atoms with E-state index in [1.54, 1.807) is 12.1 Å². The molecule has 0 heterocycles. The van der Waals surface area contributed by atoms with Crippen LogP contribution in [0.5, 0.6) is 0 Å². The summed E-state index contributed by atoms with van der Waals surface area (Å²) in [7, 11) is 0. The molecule has 1 atom stereocenters. The molecule has 0 fully saturated rings. The molecular formula is C15H24FNO. The third kappa shape index (κ3) is 5.61. The van der Waals surface area contributed by atoms with Gasteiger partial charge in [-0.25, -0.2) is 4.39 Å². The predicted octanol–water partition coefficient (Wildman–Crippen LogP) is 3.68. The summed E-state index contributed by atoms with van der Waals surface area (Å²) < 4.78 is 18.6. The van der Waals surface area contributed by atoms with Crippen molar-refractivity contribution < 1.29 is 9.13 Å². The maximum Gasteiger partial charge on any atom is 0.123 e. The van der Waals surface area contributed by atoms with Crippen molar-refractivity contribution in [1.82, 2.24) is 5.32 Å². The second-order valence-corrected chi connectivity index (χ2v) is 4.44. The molecule has 0 radical (unpaired) electrons. The molecular weight excluding hydrogens is 229 g/mol. The molecule has 18 heavy (non-hydrogen) atoms. The van der Waals surface area contributed by atoms with Gasteiger partial charge in [0.15, 0.2) is 0 Å². The van der Waals surface area contributed by atoms with E-state index in [1.807, 2.05) is 6.07 Å². The van der Waals surface area contributed by atoms with E-state index < -0.39 is 0 Å². The highest BCUT2D eigenvalue weighted by Crippen LogP contribution is 2.16. The van der Waals surface area contributed by atoms with Crippen molar-refractivity contribution >= 4 is 0 Å². The van der Waals surface area contributed by atoms with Gasteiger partial charge in [-0.3, -0.25) is 0 Å². The fourth-order valence-corrected chi connectivity index (χ4v) is 1.88. The Bertz CT molecular complexity index is 330. The van der Waals surface area contributed by atoms with Gasteiger partial charge in [0.2, 0.25) is 0 Å². The number of hydrogen-bond donors (Lipinski definition) is 1. The summed E-state index contributed by atoms with van der Waals surface area (Å²) in [6.45, 7) is 6.60. The number of nitrogens with one attached hydrogen (secondary N) is 1. The second kappa shape index (κ2) is 9.06. The minimum Gasteiger partial charge on any atom is -0.380 e. The topological polar surface area (TPSA) is 21.3 Å². The molecule has 1 rings (SSSR count). The lowest BCUT2D eigenvalue weighted by atomic mass is 10.0. The second-order valence-electron chi connectivity index (χ2n) is 4.44. The lowest BCUT2D eigenvalue weighted by Crippen LogP contribution is -2.25. The maximum absolute atomic E-state index is 13.1. The van der Waals surface area contributed by atoms with Crippen LogP contribution >= 0.6 is 0 Å². The van der Waals surface area contributed by atoms with E-state index >= 15 is 0 Å². The molecule has 0 aliphatic heterocycles. The van der Waals surface area contributed by atoms with Crippen molar-refractivity contribution in [1.29, 1.82) is 0 Å². The van der Waals surface area contributed by atoms with Crippen LogP contribution in [0.15, 0.2) is 24.3 Å². The van der Waals surface area contributed by atoms with E-state index in [9.17, 15) is 4.39 Å². The fraction of sp³-hybridized carbons (Fsp3) is 0.600. The van der Waals surface area contributed by atoms with Crippen molar-refractivity contribution in [3.63, 3.8) is 0 Å². The van der Waals surface area contributed by atoms with Crippen LogP contribution in [-0.4, -0.2) is 19.8 Å². The van der Waals surface area contributed by atoms with E-state index in [0.29, 0.717) is 6.61 Å². The van der Waals surface area contributed by atoms with Gasteiger partial charge in [0.05, 0.1) is 6.61 Å². The molecule has 1 unspecified atom stereocenters. The largest absolute Gasteiger partial charge is 0.380 e. The Labute approximate surface area is 110 Å². The summed E-state index contributed by atoms with van der Waals surface area (Å²) in [5, 5.41) is 3.40. The van der Waals surface area contributed by atoms with Crippen molar-refractivity contribution in [3.05, 3.63) is 35.6 Å². The maximum atomic E-state index is 13.1. The molecule has 0 aliphatic rings. The Morgan fingerprint density at radius 2 is 2.11 bits per heavy atom. The molecule has 0 saturated carbocycles. The SMILES string of the molecule is CCCCOCCNC(CC)c1cccc(F)c1. The van der Waals surface area contributed by atoms with Crippen LogP contribution in [-0.2, 0) is 4.74 Å². The molecule has 0 amide bonds. The van der Waals surface area contributed by atoms with Gasteiger partial charge in [-0.1, -0.05) is 32.4 Å². The van der Waals surface area contributed by atoms with Crippen LogP contribution in [0.2, 0.25) is 0 Å². The van der Waals surface area contributed by atoms with E-state index in [4.69, 9.17) is 4.74 Å². The van der Waals surface area contributed by atoms with Crippen molar-refractivity contribution in [3.8, 4) is 0 Å². The first kappa shape index (κ1) is 15.1. The zero-order valence-corrected chi connectivity index (χ0v) is 11.4. The number of ether oxygens (including phenoxy) is 1. The number of unbranched alkanes of at least 4 members (excludes halogenated alkanes) is 1. The molecule has 2 nitrogen and oxygen atoms in total. The first-order valence-electron chi connectivity index (χ1n) is 6.84. The Morgan fingerprint density at radius 3 is 2.78 bits per heavy atom. The van der Waals surface area contributed by atoms with Crippen molar-refractivity contribution in [2.45, 2.75) is 39.2 Å². The number of benzene rings is 1. The molecule has 1 aromatic carbocycles. The highest BCUT2D eigenvalue weighted by atomic mass is 19.1. The van der Waals surface area contributed by atoms with Gasteiger partial charge in [-0.05, 0) is 30.5 Å². The van der Waals surface area contributed by atoms with E-state index in [-0.39, 0.29) is 11.9 Å². The lowest BCUT2D eigenvalue weighted by Gasteiger charge is -2.17. The third-order valence-electron chi connectivity index (χ3n) is 2.94. The predicted molar refractivity (Wildman–Crippen MR) is 73.2 cm³/mol. The molecule has 3 heteroatoms. The molecule has 0 spiro atoms. The van der Waals surface area contributed by atoms with Gasteiger partial charge in [-0.2, -0.15) is 0 Å². The van der Waals surface area contributed by atoms with Crippen LogP contribution in [0.3, 0.4) is 0 Å².